The van der Waals surface area contributed by atoms with Gasteiger partial charge >= 0.3 is 6.03 Å². The van der Waals surface area contributed by atoms with Crippen molar-refractivity contribution in [2.24, 2.45) is 0 Å². The summed E-state index contributed by atoms with van der Waals surface area (Å²) in [5.74, 6) is 1.34. The predicted octanol–water partition coefficient (Wildman–Crippen LogP) is 1.53. The molecular weight excluding hydrogens is 306 g/mol. The Morgan fingerprint density at radius 2 is 2.23 bits per heavy atom. The molecule has 6 nitrogen and oxygen atoms in total. The summed E-state index contributed by atoms with van der Waals surface area (Å²) in [6, 6.07) is 3.62. The van der Waals surface area contributed by atoms with Gasteiger partial charge < -0.3 is 10.6 Å². The molecule has 1 atom stereocenters. The van der Waals surface area contributed by atoms with E-state index in [4.69, 9.17) is 18.0 Å². The lowest BCUT2D eigenvalue weighted by molar-refractivity contribution is -0.130. The molecule has 1 saturated heterocycles. The monoisotopic (exact) mass is 319 g/mol. The van der Waals surface area contributed by atoms with Gasteiger partial charge in [-0.15, -0.1) is 12.3 Å². The first-order valence-electron chi connectivity index (χ1n) is 6.53. The number of carbonyl (C=O) groups is 3. The van der Waals surface area contributed by atoms with E-state index in [0.29, 0.717) is 10.7 Å². The number of nitrogens with one attached hydrogen (secondary N) is 2. The molecule has 0 saturated carbocycles. The van der Waals surface area contributed by atoms with Crippen molar-refractivity contribution >= 4 is 35.1 Å². The second-order valence-electron chi connectivity index (χ2n) is 4.84. The largest absolute Gasteiger partial charge is 0.325 e. The number of rotatable bonds is 4. The van der Waals surface area contributed by atoms with Crippen molar-refractivity contribution in [3.63, 3.8) is 0 Å². The summed E-state index contributed by atoms with van der Waals surface area (Å²) in [5.41, 5.74) is 1.35. The standard InChI is InChI=1S/C15H14ClN3O3/c1-3-4-12-14(21)19(15(22)18-12)8-13(20)17-11-6-5-10(16)7-9(11)2/h1,5-7,12H,4,8H2,2H3,(H,17,20)(H,18,22). The van der Waals surface area contributed by atoms with Crippen LogP contribution in [0.25, 0.3) is 0 Å². The second kappa shape index (κ2) is 6.50. The van der Waals surface area contributed by atoms with Gasteiger partial charge in [-0.05, 0) is 30.7 Å². The molecule has 7 heteroatoms. The molecule has 4 amide bonds. The number of hydrogen-bond donors (Lipinski definition) is 2. The lowest BCUT2D eigenvalue weighted by Crippen LogP contribution is -2.38. The molecule has 0 radical (unpaired) electrons. The van der Waals surface area contributed by atoms with Crippen LogP contribution in [0, 0.1) is 19.3 Å². The van der Waals surface area contributed by atoms with Crippen molar-refractivity contribution in [2.75, 3.05) is 11.9 Å². The number of hydrogen-bond acceptors (Lipinski definition) is 3. The van der Waals surface area contributed by atoms with Crippen LogP contribution in [-0.2, 0) is 9.59 Å². The molecule has 1 heterocycles. The van der Waals surface area contributed by atoms with Crippen LogP contribution in [0.2, 0.25) is 5.02 Å². The summed E-state index contributed by atoms with van der Waals surface area (Å²) in [7, 11) is 0. The van der Waals surface area contributed by atoms with Gasteiger partial charge in [0.2, 0.25) is 5.91 Å². The summed E-state index contributed by atoms with van der Waals surface area (Å²) in [4.78, 5) is 36.5. The highest BCUT2D eigenvalue weighted by molar-refractivity contribution is 6.30. The molecular formula is C15H14ClN3O3. The van der Waals surface area contributed by atoms with Crippen LogP contribution < -0.4 is 10.6 Å². The summed E-state index contributed by atoms with van der Waals surface area (Å²) in [6.45, 7) is 1.42. The quantitative estimate of drug-likeness (QED) is 0.652. The molecule has 1 unspecified atom stereocenters. The Morgan fingerprint density at radius 1 is 1.50 bits per heavy atom. The van der Waals surface area contributed by atoms with Crippen molar-refractivity contribution in [3.05, 3.63) is 28.8 Å². The number of amides is 4. The van der Waals surface area contributed by atoms with Gasteiger partial charge in [0.1, 0.15) is 12.6 Å². The van der Waals surface area contributed by atoms with Gasteiger partial charge in [0.25, 0.3) is 5.91 Å². The number of aryl methyl sites for hydroxylation is 1. The molecule has 1 aliphatic heterocycles. The van der Waals surface area contributed by atoms with Crippen LogP contribution >= 0.6 is 11.6 Å². The SMILES string of the molecule is C#CCC1NC(=O)N(CC(=O)Nc2ccc(Cl)cc2C)C1=O. The molecule has 1 aromatic carbocycles. The summed E-state index contributed by atoms with van der Waals surface area (Å²) >= 11 is 5.84. The fourth-order valence-corrected chi connectivity index (χ4v) is 2.31. The number of halogens is 1. The summed E-state index contributed by atoms with van der Waals surface area (Å²) in [6.07, 6.45) is 5.23. The number of anilines is 1. The highest BCUT2D eigenvalue weighted by Crippen LogP contribution is 2.19. The van der Waals surface area contributed by atoms with Crippen molar-refractivity contribution in [3.8, 4) is 12.3 Å². The molecule has 1 aliphatic rings. The molecule has 0 bridgehead atoms. The lowest BCUT2D eigenvalue weighted by atomic mass is 10.2. The molecule has 2 rings (SSSR count). The van der Waals surface area contributed by atoms with Gasteiger partial charge in [-0.25, -0.2) is 4.79 Å². The predicted molar refractivity (Wildman–Crippen MR) is 82.3 cm³/mol. The van der Waals surface area contributed by atoms with Crippen LogP contribution in [-0.4, -0.2) is 35.3 Å². The Labute approximate surface area is 132 Å². The number of urea groups is 1. The number of nitrogens with zero attached hydrogens (tertiary/aromatic N) is 1. The van der Waals surface area contributed by atoms with E-state index < -0.39 is 23.9 Å². The van der Waals surface area contributed by atoms with E-state index in [0.717, 1.165) is 10.5 Å². The van der Waals surface area contributed by atoms with Crippen molar-refractivity contribution in [1.82, 2.24) is 10.2 Å². The van der Waals surface area contributed by atoms with Crippen LogP contribution in [0.4, 0.5) is 10.5 Å². The Morgan fingerprint density at radius 3 is 2.86 bits per heavy atom. The Bertz CT molecular complexity index is 681. The molecule has 0 aromatic heterocycles. The van der Waals surface area contributed by atoms with E-state index in [1.165, 1.54) is 0 Å². The molecule has 1 fully saturated rings. The van der Waals surface area contributed by atoms with Gasteiger partial charge in [0, 0.05) is 17.1 Å². The first-order chi connectivity index (χ1) is 10.4. The zero-order valence-corrected chi connectivity index (χ0v) is 12.6. The average Bonchev–Trinajstić information content (AvgIpc) is 2.70. The first-order valence-corrected chi connectivity index (χ1v) is 6.91. The lowest BCUT2D eigenvalue weighted by Gasteiger charge is -2.14. The normalized spacial score (nSPS) is 17.1. The molecule has 114 valence electrons. The maximum atomic E-state index is 12.0. The van der Waals surface area contributed by atoms with Crippen molar-refractivity contribution < 1.29 is 14.4 Å². The van der Waals surface area contributed by atoms with Crippen LogP contribution in [0.5, 0.6) is 0 Å². The van der Waals surface area contributed by atoms with E-state index in [1.807, 2.05) is 0 Å². The van der Waals surface area contributed by atoms with Gasteiger partial charge in [-0.1, -0.05) is 11.6 Å². The van der Waals surface area contributed by atoms with E-state index in [2.05, 4.69) is 16.6 Å². The fraction of sp³-hybridized carbons (Fsp3) is 0.267. The van der Waals surface area contributed by atoms with Crippen LogP contribution in [0.15, 0.2) is 18.2 Å². The zero-order valence-electron chi connectivity index (χ0n) is 11.9. The second-order valence-corrected chi connectivity index (χ2v) is 5.28. The number of terminal acetylenes is 1. The highest BCUT2D eigenvalue weighted by Gasteiger charge is 2.38. The van der Waals surface area contributed by atoms with E-state index in [-0.39, 0.29) is 13.0 Å². The molecule has 0 spiro atoms. The minimum Gasteiger partial charge on any atom is -0.325 e. The van der Waals surface area contributed by atoms with E-state index in [1.54, 1.807) is 25.1 Å². The average molecular weight is 320 g/mol. The third kappa shape index (κ3) is 3.38. The maximum Gasteiger partial charge on any atom is 0.325 e. The van der Waals surface area contributed by atoms with E-state index in [9.17, 15) is 14.4 Å². The van der Waals surface area contributed by atoms with Crippen molar-refractivity contribution in [1.29, 1.82) is 0 Å². The first kappa shape index (κ1) is 15.9. The number of benzene rings is 1. The van der Waals surface area contributed by atoms with E-state index >= 15 is 0 Å². The highest BCUT2D eigenvalue weighted by atomic mass is 35.5. The minimum atomic E-state index is -0.762. The topological polar surface area (TPSA) is 78.5 Å². The number of carbonyl (C=O) groups excluding carboxylic acids is 3. The Balaban J connectivity index is 2.02. The van der Waals surface area contributed by atoms with Crippen molar-refractivity contribution in [2.45, 2.75) is 19.4 Å². The Kier molecular flexibility index (Phi) is 4.68. The number of imide groups is 1. The zero-order chi connectivity index (χ0) is 16.3. The fourth-order valence-electron chi connectivity index (χ4n) is 2.08. The summed E-state index contributed by atoms with van der Waals surface area (Å²) in [5, 5.41) is 5.64. The van der Waals surface area contributed by atoms with Crippen LogP contribution in [0.1, 0.15) is 12.0 Å². The van der Waals surface area contributed by atoms with Gasteiger partial charge in [-0.3, -0.25) is 14.5 Å². The molecule has 0 aliphatic carbocycles. The third-order valence-electron chi connectivity index (χ3n) is 3.19. The third-order valence-corrected chi connectivity index (χ3v) is 3.43. The van der Waals surface area contributed by atoms with Gasteiger partial charge in [-0.2, -0.15) is 0 Å². The molecule has 22 heavy (non-hydrogen) atoms. The Hall–Kier alpha value is -2.52. The van der Waals surface area contributed by atoms with Gasteiger partial charge in [0.05, 0.1) is 0 Å². The van der Waals surface area contributed by atoms with Crippen LogP contribution in [0.3, 0.4) is 0 Å². The smallest absolute Gasteiger partial charge is 0.325 e. The molecule has 2 N–H and O–H groups in total. The maximum absolute atomic E-state index is 12.0. The minimum absolute atomic E-state index is 0.0962. The molecule has 1 aromatic rings. The summed E-state index contributed by atoms with van der Waals surface area (Å²) < 4.78 is 0. The van der Waals surface area contributed by atoms with Gasteiger partial charge in [0.15, 0.2) is 0 Å².